The SMILES string of the molecule is O=C(Cc1ccc(Cl)cc1)CN1CCC(O)CC1c1ccc(Cl)cc1. The van der Waals surface area contributed by atoms with Crippen LogP contribution in [0.5, 0.6) is 0 Å². The molecule has 0 radical (unpaired) electrons. The van der Waals surface area contributed by atoms with E-state index in [1.54, 1.807) is 12.1 Å². The summed E-state index contributed by atoms with van der Waals surface area (Å²) in [5.74, 6) is 0.165. The topological polar surface area (TPSA) is 40.5 Å². The molecule has 0 aromatic heterocycles. The first-order chi connectivity index (χ1) is 12.0. The molecule has 0 spiro atoms. The Balaban J connectivity index is 1.68. The first-order valence-corrected chi connectivity index (χ1v) is 9.20. The fourth-order valence-electron chi connectivity index (χ4n) is 3.33. The summed E-state index contributed by atoms with van der Waals surface area (Å²) in [4.78, 5) is 14.7. The number of aliphatic hydroxyl groups is 1. The summed E-state index contributed by atoms with van der Waals surface area (Å²) < 4.78 is 0. The number of likely N-dealkylation sites (tertiary alicyclic amines) is 1. The van der Waals surface area contributed by atoms with Crippen molar-refractivity contribution in [3.05, 3.63) is 69.7 Å². The third-order valence-electron chi connectivity index (χ3n) is 4.63. The number of hydrogen-bond acceptors (Lipinski definition) is 3. The van der Waals surface area contributed by atoms with Gasteiger partial charge in [0.1, 0.15) is 0 Å². The molecule has 0 saturated carbocycles. The molecule has 2 atom stereocenters. The third kappa shape index (κ3) is 5.05. The van der Waals surface area contributed by atoms with Gasteiger partial charge in [-0.2, -0.15) is 0 Å². The second-order valence-electron chi connectivity index (χ2n) is 6.56. The van der Waals surface area contributed by atoms with Gasteiger partial charge in [-0.05, 0) is 48.2 Å². The van der Waals surface area contributed by atoms with Crippen LogP contribution >= 0.6 is 23.2 Å². The molecule has 1 N–H and O–H groups in total. The van der Waals surface area contributed by atoms with E-state index in [1.165, 1.54) is 0 Å². The van der Waals surface area contributed by atoms with Crippen LogP contribution in [-0.2, 0) is 11.2 Å². The predicted molar refractivity (Wildman–Crippen MR) is 101 cm³/mol. The van der Waals surface area contributed by atoms with Gasteiger partial charge < -0.3 is 5.11 Å². The minimum absolute atomic E-state index is 0.0372. The van der Waals surface area contributed by atoms with Crippen LogP contribution in [0.4, 0.5) is 0 Å². The van der Waals surface area contributed by atoms with Crippen molar-refractivity contribution in [2.45, 2.75) is 31.4 Å². The van der Waals surface area contributed by atoms with E-state index in [2.05, 4.69) is 4.90 Å². The number of piperidine rings is 1. The van der Waals surface area contributed by atoms with E-state index in [4.69, 9.17) is 23.2 Å². The molecule has 0 bridgehead atoms. The average molecular weight is 378 g/mol. The fourth-order valence-corrected chi connectivity index (χ4v) is 3.58. The molecule has 0 amide bonds. The Morgan fingerprint density at radius 2 is 1.64 bits per heavy atom. The molecule has 2 aromatic rings. The van der Waals surface area contributed by atoms with Crippen molar-refractivity contribution in [2.24, 2.45) is 0 Å². The zero-order valence-corrected chi connectivity index (χ0v) is 15.4. The smallest absolute Gasteiger partial charge is 0.151 e. The lowest BCUT2D eigenvalue weighted by molar-refractivity contribution is -0.121. The summed E-state index contributed by atoms with van der Waals surface area (Å²) in [6.45, 7) is 1.09. The Bertz CT molecular complexity index is 715. The highest BCUT2D eigenvalue weighted by Crippen LogP contribution is 2.31. The maximum absolute atomic E-state index is 12.5. The number of benzene rings is 2. The Kier molecular flexibility index (Phi) is 6.13. The minimum Gasteiger partial charge on any atom is -0.393 e. The van der Waals surface area contributed by atoms with Gasteiger partial charge in [-0.3, -0.25) is 9.69 Å². The van der Waals surface area contributed by atoms with E-state index < -0.39 is 0 Å². The lowest BCUT2D eigenvalue weighted by atomic mass is 9.93. The van der Waals surface area contributed by atoms with Crippen molar-refractivity contribution in [3.8, 4) is 0 Å². The normalized spacial score (nSPS) is 21.2. The summed E-state index contributed by atoms with van der Waals surface area (Å²) in [5.41, 5.74) is 2.05. The number of halogens is 2. The largest absolute Gasteiger partial charge is 0.393 e. The van der Waals surface area contributed by atoms with Gasteiger partial charge in [-0.1, -0.05) is 47.5 Å². The number of Topliss-reactive ketones (excluding diaryl/α,β-unsaturated/α-hetero) is 1. The van der Waals surface area contributed by atoms with E-state index in [0.29, 0.717) is 42.4 Å². The average Bonchev–Trinajstić information content (AvgIpc) is 2.59. The Morgan fingerprint density at radius 1 is 1.04 bits per heavy atom. The van der Waals surface area contributed by atoms with Crippen molar-refractivity contribution < 1.29 is 9.90 Å². The summed E-state index contributed by atoms with van der Waals surface area (Å²) in [7, 11) is 0. The predicted octanol–water partition coefficient (Wildman–Crippen LogP) is 4.30. The molecule has 3 nitrogen and oxygen atoms in total. The highest BCUT2D eigenvalue weighted by atomic mass is 35.5. The maximum atomic E-state index is 12.5. The number of aliphatic hydroxyl groups excluding tert-OH is 1. The Morgan fingerprint density at radius 3 is 2.28 bits per heavy atom. The molecule has 1 heterocycles. The third-order valence-corrected chi connectivity index (χ3v) is 5.14. The number of carbonyl (C=O) groups excluding carboxylic acids is 1. The highest BCUT2D eigenvalue weighted by molar-refractivity contribution is 6.30. The van der Waals surface area contributed by atoms with Crippen molar-refractivity contribution in [2.75, 3.05) is 13.1 Å². The van der Waals surface area contributed by atoms with Crippen molar-refractivity contribution >= 4 is 29.0 Å². The summed E-state index contributed by atoms with van der Waals surface area (Å²) >= 11 is 11.9. The first kappa shape index (κ1) is 18.4. The van der Waals surface area contributed by atoms with Gasteiger partial charge in [0.25, 0.3) is 0 Å². The molecule has 0 aliphatic carbocycles. The molecule has 25 heavy (non-hydrogen) atoms. The molecule has 2 aromatic carbocycles. The van der Waals surface area contributed by atoms with Gasteiger partial charge in [0.2, 0.25) is 0 Å². The molecular weight excluding hydrogens is 357 g/mol. The highest BCUT2D eigenvalue weighted by Gasteiger charge is 2.29. The van der Waals surface area contributed by atoms with Gasteiger partial charge in [0.15, 0.2) is 5.78 Å². The van der Waals surface area contributed by atoms with E-state index in [1.807, 2.05) is 36.4 Å². The van der Waals surface area contributed by atoms with Crippen LogP contribution < -0.4 is 0 Å². The molecule has 132 valence electrons. The second kappa shape index (κ2) is 8.33. The van der Waals surface area contributed by atoms with Gasteiger partial charge in [-0.25, -0.2) is 0 Å². The van der Waals surface area contributed by atoms with Gasteiger partial charge in [-0.15, -0.1) is 0 Å². The number of hydrogen-bond donors (Lipinski definition) is 1. The van der Waals surface area contributed by atoms with Crippen LogP contribution in [0.3, 0.4) is 0 Å². The van der Waals surface area contributed by atoms with Crippen LogP contribution in [0.1, 0.15) is 30.0 Å². The Hall–Kier alpha value is -1.39. The molecule has 1 saturated heterocycles. The van der Waals surface area contributed by atoms with Crippen LogP contribution in [0, 0.1) is 0 Å². The fraction of sp³-hybridized carbons (Fsp3) is 0.350. The van der Waals surface area contributed by atoms with Gasteiger partial charge >= 0.3 is 0 Å². The zero-order chi connectivity index (χ0) is 17.8. The quantitative estimate of drug-likeness (QED) is 0.843. The van der Waals surface area contributed by atoms with Crippen molar-refractivity contribution in [1.82, 2.24) is 4.90 Å². The van der Waals surface area contributed by atoms with Crippen molar-refractivity contribution in [3.63, 3.8) is 0 Å². The molecule has 1 aliphatic rings. The molecule has 1 fully saturated rings. The Labute approximate surface area is 158 Å². The van der Waals surface area contributed by atoms with E-state index in [0.717, 1.165) is 11.1 Å². The van der Waals surface area contributed by atoms with E-state index in [-0.39, 0.29) is 17.9 Å². The van der Waals surface area contributed by atoms with Crippen LogP contribution in [-0.4, -0.2) is 35.0 Å². The lowest BCUT2D eigenvalue weighted by Gasteiger charge is -2.37. The standard InChI is InChI=1S/C20H21Cl2NO2/c21-16-5-1-14(2-6-16)11-19(25)13-23-10-9-18(24)12-20(23)15-3-7-17(22)8-4-15/h1-8,18,20,24H,9-13H2. The summed E-state index contributed by atoms with van der Waals surface area (Å²) in [6, 6.07) is 15.1. The second-order valence-corrected chi connectivity index (χ2v) is 7.43. The summed E-state index contributed by atoms with van der Waals surface area (Å²) in [6.07, 6.45) is 1.39. The van der Waals surface area contributed by atoms with Gasteiger partial charge in [0, 0.05) is 29.1 Å². The number of rotatable bonds is 5. The first-order valence-electron chi connectivity index (χ1n) is 8.45. The lowest BCUT2D eigenvalue weighted by Crippen LogP contribution is -2.41. The zero-order valence-electron chi connectivity index (χ0n) is 13.9. The van der Waals surface area contributed by atoms with Crippen LogP contribution in [0.15, 0.2) is 48.5 Å². The number of ketones is 1. The molecule has 1 aliphatic heterocycles. The number of carbonyl (C=O) groups is 1. The minimum atomic E-state index is -0.330. The van der Waals surface area contributed by atoms with E-state index >= 15 is 0 Å². The number of nitrogens with zero attached hydrogens (tertiary/aromatic N) is 1. The van der Waals surface area contributed by atoms with Crippen LogP contribution in [0.2, 0.25) is 10.0 Å². The van der Waals surface area contributed by atoms with E-state index in [9.17, 15) is 9.90 Å². The van der Waals surface area contributed by atoms with Crippen LogP contribution in [0.25, 0.3) is 0 Å². The van der Waals surface area contributed by atoms with Gasteiger partial charge in [0.05, 0.1) is 12.6 Å². The monoisotopic (exact) mass is 377 g/mol. The summed E-state index contributed by atoms with van der Waals surface area (Å²) in [5, 5.41) is 11.4. The van der Waals surface area contributed by atoms with Crippen molar-refractivity contribution in [1.29, 1.82) is 0 Å². The molecule has 2 unspecified atom stereocenters. The molecule has 3 rings (SSSR count). The molecule has 5 heteroatoms. The molecular formula is C20H21Cl2NO2. The maximum Gasteiger partial charge on any atom is 0.151 e.